The van der Waals surface area contributed by atoms with Crippen molar-refractivity contribution in [2.75, 3.05) is 6.54 Å². The molecule has 2 amide bonds. The monoisotopic (exact) mass is 460 g/mol. The molecule has 34 heavy (non-hydrogen) atoms. The number of nitrogens with one attached hydrogen (secondary N) is 2. The van der Waals surface area contributed by atoms with Gasteiger partial charge in [-0.15, -0.1) is 0 Å². The molecule has 1 saturated carbocycles. The van der Waals surface area contributed by atoms with Gasteiger partial charge in [-0.25, -0.2) is 0 Å². The molecule has 1 aliphatic rings. The lowest BCUT2D eigenvalue weighted by atomic mass is 10.0. The van der Waals surface area contributed by atoms with Crippen LogP contribution in [0, 0.1) is 6.92 Å². The van der Waals surface area contributed by atoms with Gasteiger partial charge >= 0.3 is 0 Å². The number of aromatic amines is 1. The van der Waals surface area contributed by atoms with Crippen molar-refractivity contribution in [3.63, 3.8) is 0 Å². The van der Waals surface area contributed by atoms with Crippen LogP contribution in [0.2, 0.25) is 0 Å². The molecule has 0 unspecified atom stereocenters. The van der Waals surface area contributed by atoms with Gasteiger partial charge in [0.25, 0.3) is 0 Å². The minimum absolute atomic E-state index is 0.0456. The SMILES string of the molecule is CC[C@@H](CCc1c[nH]c2ccccc12)NC(=O)CN(C(=O)CCCc1ccnc(C)c1)C1CC1. The van der Waals surface area contributed by atoms with Crippen LogP contribution in [0.1, 0.15) is 62.3 Å². The number of fused-ring (bicyclic) bond motifs is 1. The highest BCUT2D eigenvalue weighted by Gasteiger charge is 2.33. The molecule has 4 rings (SSSR count). The van der Waals surface area contributed by atoms with Crippen molar-refractivity contribution >= 4 is 22.7 Å². The van der Waals surface area contributed by atoms with Crippen molar-refractivity contribution in [1.29, 1.82) is 0 Å². The van der Waals surface area contributed by atoms with Crippen molar-refractivity contribution in [3.8, 4) is 0 Å². The molecule has 1 aromatic carbocycles. The van der Waals surface area contributed by atoms with E-state index in [4.69, 9.17) is 0 Å². The summed E-state index contributed by atoms with van der Waals surface area (Å²) in [5.41, 5.74) is 4.63. The summed E-state index contributed by atoms with van der Waals surface area (Å²) in [6.45, 7) is 4.25. The van der Waals surface area contributed by atoms with Gasteiger partial charge in [-0.2, -0.15) is 0 Å². The summed E-state index contributed by atoms with van der Waals surface area (Å²) in [6.07, 6.45) is 10.7. The third kappa shape index (κ3) is 6.46. The number of aryl methyl sites for hydroxylation is 3. The first-order valence-electron chi connectivity index (χ1n) is 12.6. The highest BCUT2D eigenvalue weighted by atomic mass is 16.2. The molecule has 2 heterocycles. The maximum atomic E-state index is 12.9. The lowest BCUT2D eigenvalue weighted by Gasteiger charge is -2.24. The van der Waals surface area contributed by atoms with Crippen LogP contribution in [-0.2, 0) is 22.4 Å². The van der Waals surface area contributed by atoms with Gasteiger partial charge in [-0.3, -0.25) is 14.6 Å². The van der Waals surface area contributed by atoms with E-state index in [1.807, 2.05) is 25.3 Å². The number of para-hydroxylation sites is 1. The average molecular weight is 461 g/mol. The fourth-order valence-corrected chi connectivity index (χ4v) is 4.63. The molecule has 180 valence electrons. The number of hydrogen-bond acceptors (Lipinski definition) is 3. The topological polar surface area (TPSA) is 78.1 Å². The van der Waals surface area contributed by atoms with Crippen LogP contribution in [0.4, 0.5) is 0 Å². The Kier molecular flexibility index (Phi) is 7.99. The highest BCUT2D eigenvalue weighted by Crippen LogP contribution is 2.27. The molecular weight excluding hydrogens is 424 g/mol. The zero-order valence-electron chi connectivity index (χ0n) is 20.3. The van der Waals surface area contributed by atoms with E-state index in [9.17, 15) is 9.59 Å². The van der Waals surface area contributed by atoms with Gasteiger partial charge in [-0.05, 0) is 81.2 Å². The summed E-state index contributed by atoms with van der Waals surface area (Å²) in [4.78, 5) is 35.1. The van der Waals surface area contributed by atoms with E-state index in [0.717, 1.165) is 56.2 Å². The van der Waals surface area contributed by atoms with Crippen LogP contribution >= 0.6 is 0 Å². The van der Waals surface area contributed by atoms with E-state index in [1.165, 1.54) is 16.5 Å². The molecule has 1 aliphatic carbocycles. The maximum Gasteiger partial charge on any atom is 0.239 e. The highest BCUT2D eigenvalue weighted by molar-refractivity contribution is 5.85. The van der Waals surface area contributed by atoms with Crippen LogP contribution in [0.5, 0.6) is 0 Å². The lowest BCUT2D eigenvalue weighted by Crippen LogP contribution is -2.45. The van der Waals surface area contributed by atoms with Gasteiger partial charge in [0.2, 0.25) is 11.8 Å². The number of nitrogens with zero attached hydrogens (tertiary/aromatic N) is 2. The molecule has 2 aromatic heterocycles. The van der Waals surface area contributed by atoms with E-state index in [1.54, 1.807) is 4.90 Å². The molecule has 0 saturated heterocycles. The summed E-state index contributed by atoms with van der Waals surface area (Å²) in [5.74, 6) is 0.0473. The molecule has 3 aromatic rings. The first-order valence-corrected chi connectivity index (χ1v) is 12.6. The zero-order chi connectivity index (χ0) is 23.9. The first kappa shape index (κ1) is 24.0. The van der Waals surface area contributed by atoms with E-state index >= 15 is 0 Å². The number of hydrogen-bond donors (Lipinski definition) is 2. The van der Waals surface area contributed by atoms with Gasteiger partial charge < -0.3 is 15.2 Å². The predicted octanol–water partition coefficient (Wildman–Crippen LogP) is 4.71. The minimum Gasteiger partial charge on any atom is -0.361 e. The Hall–Kier alpha value is -3.15. The average Bonchev–Trinajstić information content (AvgIpc) is 3.59. The van der Waals surface area contributed by atoms with Crippen molar-refractivity contribution in [3.05, 3.63) is 65.6 Å². The molecule has 1 fully saturated rings. The largest absolute Gasteiger partial charge is 0.361 e. The first-order chi connectivity index (χ1) is 16.5. The zero-order valence-corrected chi connectivity index (χ0v) is 20.3. The van der Waals surface area contributed by atoms with Crippen LogP contribution in [0.15, 0.2) is 48.8 Å². The van der Waals surface area contributed by atoms with Crippen molar-refractivity contribution < 1.29 is 9.59 Å². The summed E-state index contributed by atoms with van der Waals surface area (Å²) in [6, 6.07) is 12.7. The van der Waals surface area contributed by atoms with Crippen LogP contribution in [-0.4, -0.2) is 45.3 Å². The molecular formula is C28H36N4O2. The number of H-pyrrole nitrogens is 1. The quantitative estimate of drug-likeness (QED) is 0.411. The van der Waals surface area contributed by atoms with Gasteiger partial charge in [0.1, 0.15) is 0 Å². The number of rotatable bonds is 12. The Morgan fingerprint density at radius 2 is 2.03 bits per heavy atom. The van der Waals surface area contributed by atoms with Crippen molar-refractivity contribution in [2.24, 2.45) is 0 Å². The summed E-state index contributed by atoms with van der Waals surface area (Å²) >= 11 is 0. The molecule has 2 N–H and O–H groups in total. The Morgan fingerprint density at radius 1 is 1.21 bits per heavy atom. The Morgan fingerprint density at radius 3 is 2.79 bits per heavy atom. The predicted molar refractivity (Wildman–Crippen MR) is 135 cm³/mol. The van der Waals surface area contributed by atoms with Crippen LogP contribution in [0.3, 0.4) is 0 Å². The second-order valence-corrected chi connectivity index (χ2v) is 9.48. The fraction of sp³-hybridized carbons (Fsp3) is 0.464. The normalized spacial score (nSPS) is 14.2. The van der Waals surface area contributed by atoms with E-state index < -0.39 is 0 Å². The van der Waals surface area contributed by atoms with Gasteiger partial charge in [0.15, 0.2) is 0 Å². The van der Waals surface area contributed by atoms with Crippen LogP contribution in [0.25, 0.3) is 10.9 Å². The number of carbonyl (C=O) groups is 2. The van der Waals surface area contributed by atoms with Crippen molar-refractivity contribution in [2.45, 2.75) is 77.3 Å². The number of aromatic nitrogens is 2. The maximum absolute atomic E-state index is 12.9. The number of amides is 2. The van der Waals surface area contributed by atoms with Crippen molar-refractivity contribution in [1.82, 2.24) is 20.2 Å². The summed E-state index contributed by atoms with van der Waals surface area (Å²) in [5, 5.41) is 4.43. The number of pyridine rings is 1. The van der Waals surface area contributed by atoms with Gasteiger partial charge in [0.05, 0.1) is 6.54 Å². The van der Waals surface area contributed by atoms with Gasteiger partial charge in [-0.1, -0.05) is 25.1 Å². The van der Waals surface area contributed by atoms with E-state index in [2.05, 4.69) is 52.7 Å². The second-order valence-electron chi connectivity index (χ2n) is 9.48. The van der Waals surface area contributed by atoms with Crippen LogP contribution < -0.4 is 5.32 Å². The standard InChI is InChI=1S/C28H36N4O2/c1-3-23(12-11-22-18-30-26-9-5-4-8-25(22)26)31-27(33)19-32(24-13-14-24)28(34)10-6-7-21-15-16-29-20(2)17-21/h4-5,8-9,15-18,23-24,30H,3,6-7,10-14,19H2,1-2H3,(H,31,33)/t23-/m0/s1. The Bertz CT molecular complexity index is 1120. The van der Waals surface area contributed by atoms with E-state index in [0.29, 0.717) is 6.42 Å². The molecule has 6 heteroatoms. The molecule has 1 atom stereocenters. The number of carbonyl (C=O) groups excluding carboxylic acids is 2. The summed E-state index contributed by atoms with van der Waals surface area (Å²) < 4.78 is 0. The fourth-order valence-electron chi connectivity index (χ4n) is 4.63. The molecule has 6 nitrogen and oxygen atoms in total. The molecule has 0 spiro atoms. The third-order valence-corrected chi connectivity index (χ3v) is 6.73. The molecule has 0 bridgehead atoms. The smallest absolute Gasteiger partial charge is 0.239 e. The molecule has 0 radical (unpaired) electrons. The minimum atomic E-state index is -0.0456. The third-order valence-electron chi connectivity index (χ3n) is 6.73. The Labute approximate surface area is 202 Å². The number of benzene rings is 1. The summed E-state index contributed by atoms with van der Waals surface area (Å²) in [7, 11) is 0. The Balaban J connectivity index is 1.25. The second kappa shape index (κ2) is 11.3. The molecule has 0 aliphatic heterocycles. The lowest BCUT2D eigenvalue weighted by molar-refractivity contribution is -0.137. The van der Waals surface area contributed by atoms with E-state index in [-0.39, 0.29) is 30.4 Å². The van der Waals surface area contributed by atoms with Gasteiger partial charge in [0, 0.05) is 47.5 Å².